The van der Waals surface area contributed by atoms with Gasteiger partial charge in [-0.15, -0.1) is 0 Å². The minimum absolute atomic E-state index is 0.260. The van der Waals surface area contributed by atoms with Crippen LogP contribution in [0.25, 0.3) is 0 Å². The Kier molecular flexibility index (Phi) is 5.57. The van der Waals surface area contributed by atoms with E-state index in [1.54, 1.807) is 30.3 Å². The standard InChI is InChI=1S/C16H15Cl3N2O/c1-9-3-4-12(18)8-15(9)21-16(22)20-10(2)13-6-5-11(17)7-14(13)19/h3-8,10H,1-2H3,(H2,20,21,22). The fourth-order valence-corrected chi connectivity index (χ4v) is 2.76. The number of nitrogens with one attached hydrogen (secondary N) is 2. The number of hydrogen-bond donors (Lipinski definition) is 2. The molecule has 0 radical (unpaired) electrons. The molecule has 2 aromatic carbocycles. The molecule has 22 heavy (non-hydrogen) atoms. The lowest BCUT2D eigenvalue weighted by atomic mass is 10.1. The highest BCUT2D eigenvalue weighted by Gasteiger charge is 2.13. The molecule has 0 fully saturated rings. The number of rotatable bonds is 3. The van der Waals surface area contributed by atoms with Gasteiger partial charge in [-0.3, -0.25) is 0 Å². The van der Waals surface area contributed by atoms with E-state index >= 15 is 0 Å². The van der Waals surface area contributed by atoms with Crippen molar-refractivity contribution < 1.29 is 4.79 Å². The zero-order valence-corrected chi connectivity index (χ0v) is 14.4. The van der Waals surface area contributed by atoms with Crippen LogP contribution in [0.4, 0.5) is 10.5 Å². The van der Waals surface area contributed by atoms with Crippen LogP contribution in [0.1, 0.15) is 24.1 Å². The highest BCUT2D eigenvalue weighted by Crippen LogP contribution is 2.26. The van der Waals surface area contributed by atoms with Crippen molar-refractivity contribution >= 4 is 46.5 Å². The summed E-state index contributed by atoms with van der Waals surface area (Å²) in [5.74, 6) is 0. The molecular formula is C16H15Cl3N2O. The van der Waals surface area contributed by atoms with Gasteiger partial charge in [0.15, 0.2) is 0 Å². The molecule has 0 spiro atoms. The van der Waals surface area contributed by atoms with Crippen LogP contribution in [0.3, 0.4) is 0 Å². The van der Waals surface area contributed by atoms with E-state index in [2.05, 4.69) is 10.6 Å². The lowest BCUT2D eigenvalue weighted by molar-refractivity contribution is 0.249. The second kappa shape index (κ2) is 7.23. The molecule has 0 saturated carbocycles. The molecular weight excluding hydrogens is 343 g/mol. The SMILES string of the molecule is Cc1ccc(Cl)cc1NC(=O)NC(C)c1ccc(Cl)cc1Cl. The van der Waals surface area contributed by atoms with Crippen molar-refractivity contribution in [3.05, 3.63) is 62.6 Å². The van der Waals surface area contributed by atoms with Gasteiger partial charge in [0.25, 0.3) is 0 Å². The molecule has 1 atom stereocenters. The van der Waals surface area contributed by atoms with Crippen molar-refractivity contribution in [1.82, 2.24) is 5.32 Å². The molecule has 0 aliphatic carbocycles. The lowest BCUT2D eigenvalue weighted by Crippen LogP contribution is -2.31. The molecule has 2 rings (SSSR count). The van der Waals surface area contributed by atoms with Gasteiger partial charge in [-0.2, -0.15) is 0 Å². The number of hydrogen-bond acceptors (Lipinski definition) is 1. The summed E-state index contributed by atoms with van der Waals surface area (Å²) in [7, 11) is 0. The number of amides is 2. The van der Waals surface area contributed by atoms with Gasteiger partial charge in [-0.05, 0) is 49.2 Å². The van der Waals surface area contributed by atoms with Crippen LogP contribution < -0.4 is 10.6 Å². The Morgan fingerprint density at radius 2 is 1.68 bits per heavy atom. The first kappa shape index (κ1) is 16.9. The summed E-state index contributed by atoms with van der Waals surface area (Å²) in [6.07, 6.45) is 0. The molecule has 2 N–H and O–H groups in total. The second-order valence-electron chi connectivity index (χ2n) is 4.95. The smallest absolute Gasteiger partial charge is 0.319 e. The largest absolute Gasteiger partial charge is 0.331 e. The van der Waals surface area contributed by atoms with Crippen LogP contribution in [-0.4, -0.2) is 6.03 Å². The van der Waals surface area contributed by atoms with Crippen molar-refractivity contribution in [2.45, 2.75) is 19.9 Å². The minimum atomic E-state index is -0.330. The monoisotopic (exact) mass is 356 g/mol. The number of halogens is 3. The lowest BCUT2D eigenvalue weighted by Gasteiger charge is -2.17. The van der Waals surface area contributed by atoms with Gasteiger partial charge < -0.3 is 10.6 Å². The van der Waals surface area contributed by atoms with Gasteiger partial charge in [0.1, 0.15) is 0 Å². The summed E-state index contributed by atoms with van der Waals surface area (Å²) in [6, 6.07) is 9.91. The first-order chi connectivity index (χ1) is 10.4. The molecule has 2 aromatic rings. The fourth-order valence-electron chi connectivity index (χ4n) is 2.01. The van der Waals surface area contributed by atoms with Crippen molar-refractivity contribution in [1.29, 1.82) is 0 Å². The highest BCUT2D eigenvalue weighted by molar-refractivity contribution is 6.35. The molecule has 2 amide bonds. The van der Waals surface area contributed by atoms with Crippen LogP contribution >= 0.6 is 34.8 Å². The van der Waals surface area contributed by atoms with E-state index in [0.29, 0.717) is 20.8 Å². The molecule has 1 unspecified atom stereocenters. The molecule has 6 heteroatoms. The molecule has 0 saturated heterocycles. The van der Waals surface area contributed by atoms with E-state index in [9.17, 15) is 4.79 Å². The Morgan fingerprint density at radius 1 is 1.05 bits per heavy atom. The maximum Gasteiger partial charge on any atom is 0.319 e. The maximum atomic E-state index is 12.1. The Bertz CT molecular complexity index is 704. The molecule has 0 aliphatic heterocycles. The summed E-state index contributed by atoms with van der Waals surface area (Å²) >= 11 is 17.9. The van der Waals surface area contributed by atoms with Gasteiger partial charge >= 0.3 is 6.03 Å². The van der Waals surface area contributed by atoms with Crippen LogP contribution in [0.15, 0.2) is 36.4 Å². The third-order valence-corrected chi connectivity index (χ3v) is 4.02. The number of urea groups is 1. The molecule has 116 valence electrons. The van der Waals surface area contributed by atoms with Crippen molar-refractivity contribution in [3.8, 4) is 0 Å². The average Bonchev–Trinajstić information content (AvgIpc) is 2.42. The molecule has 0 bridgehead atoms. The maximum absolute atomic E-state index is 12.1. The van der Waals surface area contributed by atoms with Crippen molar-refractivity contribution in [2.75, 3.05) is 5.32 Å². The Labute approximate surface area is 144 Å². The zero-order chi connectivity index (χ0) is 16.3. The average molecular weight is 358 g/mol. The van der Waals surface area contributed by atoms with Gasteiger partial charge in [-0.1, -0.05) is 46.9 Å². The van der Waals surface area contributed by atoms with Gasteiger partial charge in [0, 0.05) is 20.8 Å². The Hall–Kier alpha value is -1.42. The molecule has 0 aliphatic rings. The van der Waals surface area contributed by atoms with E-state index in [1.807, 2.05) is 19.9 Å². The predicted molar refractivity (Wildman–Crippen MR) is 93.2 cm³/mol. The first-order valence-electron chi connectivity index (χ1n) is 6.65. The van der Waals surface area contributed by atoms with Crippen LogP contribution in [0, 0.1) is 6.92 Å². The van der Waals surface area contributed by atoms with Crippen molar-refractivity contribution in [2.24, 2.45) is 0 Å². The number of anilines is 1. The zero-order valence-electron chi connectivity index (χ0n) is 12.1. The molecule has 3 nitrogen and oxygen atoms in total. The predicted octanol–water partition coefficient (Wildman–Crippen LogP) is 5.84. The summed E-state index contributed by atoms with van der Waals surface area (Å²) in [5, 5.41) is 7.24. The van der Waals surface area contributed by atoms with Gasteiger partial charge in [0.2, 0.25) is 0 Å². The third kappa shape index (κ3) is 4.29. The Balaban J connectivity index is 2.06. The topological polar surface area (TPSA) is 41.1 Å². The summed E-state index contributed by atoms with van der Waals surface area (Å²) in [5.41, 5.74) is 2.39. The summed E-state index contributed by atoms with van der Waals surface area (Å²) in [6.45, 7) is 3.74. The second-order valence-corrected chi connectivity index (χ2v) is 6.23. The number of benzene rings is 2. The quantitative estimate of drug-likeness (QED) is 0.712. The van der Waals surface area contributed by atoms with E-state index in [1.165, 1.54) is 0 Å². The van der Waals surface area contributed by atoms with E-state index in [4.69, 9.17) is 34.8 Å². The number of aryl methyl sites for hydroxylation is 1. The van der Waals surface area contributed by atoms with Gasteiger partial charge in [-0.25, -0.2) is 4.79 Å². The molecule has 0 heterocycles. The third-order valence-electron chi connectivity index (χ3n) is 3.22. The van der Waals surface area contributed by atoms with E-state index < -0.39 is 0 Å². The summed E-state index contributed by atoms with van der Waals surface area (Å²) < 4.78 is 0. The number of carbonyl (C=O) groups excluding carboxylic acids is 1. The normalized spacial score (nSPS) is 11.9. The highest BCUT2D eigenvalue weighted by atomic mass is 35.5. The van der Waals surface area contributed by atoms with Crippen LogP contribution in [0.2, 0.25) is 15.1 Å². The van der Waals surface area contributed by atoms with E-state index in [0.717, 1.165) is 11.1 Å². The molecule has 0 aromatic heterocycles. The summed E-state index contributed by atoms with van der Waals surface area (Å²) in [4.78, 5) is 12.1. The van der Waals surface area contributed by atoms with Crippen molar-refractivity contribution in [3.63, 3.8) is 0 Å². The van der Waals surface area contributed by atoms with Crippen LogP contribution in [0.5, 0.6) is 0 Å². The fraction of sp³-hybridized carbons (Fsp3) is 0.188. The van der Waals surface area contributed by atoms with Crippen LogP contribution in [-0.2, 0) is 0 Å². The number of carbonyl (C=O) groups is 1. The van der Waals surface area contributed by atoms with E-state index in [-0.39, 0.29) is 12.1 Å². The van der Waals surface area contributed by atoms with Gasteiger partial charge in [0.05, 0.1) is 6.04 Å². The first-order valence-corrected chi connectivity index (χ1v) is 7.79. The Morgan fingerprint density at radius 3 is 2.36 bits per heavy atom. The minimum Gasteiger partial charge on any atom is -0.331 e.